The van der Waals surface area contributed by atoms with Crippen molar-refractivity contribution in [2.24, 2.45) is 11.5 Å². The summed E-state index contributed by atoms with van der Waals surface area (Å²) in [4.78, 5) is 23.0. The molecule has 0 radical (unpaired) electrons. The quantitative estimate of drug-likeness (QED) is 0.419. The zero-order chi connectivity index (χ0) is 13.0. The molecule has 5 N–H and O–H groups in total. The third kappa shape index (κ3) is 4.69. The molecule has 6 nitrogen and oxygen atoms in total. The molecule has 0 aliphatic rings. The molecule has 0 aromatic heterocycles. The highest BCUT2D eigenvalue weighted by molar-refractivity contribution is 5.93. The molecular weight excluding hydrogens is 210 g/mol. The van der Waals surface area contributed by atoms with Crippen LogP contribution in [0.2, 0.25) is 0 Å². The highest BCUT2D eigenvalue weighted by Crippen LogP contribution is 2.12. The van der Waals surface area contributed by atoms with Gasteiger partial charge in [-0.15, -0.1) is 0 Å². The largest absolute Gasteiger partial charge is 0.460 e. The lowest BCUT2D eigenvalue weighted by atomic mass is 10.0. The summed E-state index contributed by atoms with van der Waals surface area (Å²) in [6.45, 7) is 5.01. The molecule has 0 aliphatic carbocycles. The molecule has 0 aliphatic heterocycles. The number of nitrogens with one attached hydrogen (secondary N) is 1. The number of likely N-dealkylation sites (N-methyl/N-ethyl adjacent to an activating group) is 1. The maximum absolute atomic E-state index is 11.5. The second-order valence-electron chi connectivity index (χ2n) is 4.61. The lowest BCUT2D eigenvalue weighted by molar-refractivity contribution is -0.158. The van der Waals surface area contributed by atoms with Crippen LogP contribution in [0.25, 0.3) is 0 Å². The number of esters is 1. The van der Waals surface area contributed by atoms with Gasteiger partial charge in [-0.05, 0) is 27.8 Å². The molecule has 0 saturated carbocycles. The SMILES string of the molecule is CNC(N)(CC(=O)OC(C)(C)C)C(=O)CN. The molecule has 0 aromatic rings. The second-order valence-corrected chi connectivity index (χ2v) is 4.61. The van der Waals surface area contributed by atoms with Crippen LogP contribution in [0.3, 0.4) is 0 Å². The number of nitrogens with two attached hydrogens (primary N) is 2. The van der Waals surface area contributed by atoms with Crippen molar-refractivity contribution in [1.82, 2.24) is 5.32 Å². The van der Waals surface area contributed by atoms with Crippen molar-refractivity contribution in [2.75, 3.05) is 13.6 Å². The number of Topliss-reactive ketones (excluding diaryl/α,β-unsaturated/α-hetero) is 1. The van der Waals surface area contributed by atoms with Gasteiger partial charge in [0.25, 0.3) is 0 Å². The fourth-order valence-corrected chi connectivity index (χ4v) is 1.11. The van der Waals surface area contributed by atoms with Crippen molar-refractivity contribution in [2.45, 2.75) is 38.5 Å². The van der Waals surface area contributed by atoms with Crippen LogP contribution in [-0.4, -0.2) is 36.6 Å². The Hall–Kier alpha value is -0.980. The first kappa shape index (κ1) is 15.0. The fraction of sp³-hybridized carbons (Fsp3) is 0.800. The van der Waals surface area contributed by atoms with E-state index in [0.717, 1.165) is 0 Å². The van der Waals surface area contributed by atoms with E-state index in [-0.39, 0.29) is 13.0 Å². The molecule has 1 unspecified atom stereocenters. The zero-order valence-electron chi connectivity index (χ0n) is 10.3. The van der Waals surface area contributed by atoms with E-state index in [4.69, 9.17) is 16.2 Å². The lowest BCUT2D eigenvalue weighted by Gasteiger charge is -2.28. The highest BCUT2D eigenvalue weighted by atomic mass is 16.6. The molecule has 0 bridgehead atoms. The van der Waals surface area contributed by atoms with Crippen molar-refractivity contribution in [3.8, 4) is 0 Å². The zero-order valence-corrected chi connectivity index (χ0v) is 10.3. The predicted octanol–water partition coefficient (Wildman–Crippen LogP) is -0.880. The first-order chi connectivity index (χ1) is 7.14. The van der Waals surface area contributed by atoms with Crippen LogP contribution < -0.4 is 16.8 Å². The van der Waals surface area contributed by atoms with E-state index >= 15 is 0 Å². The van der Waals surface area contributed by atoms with E-state index < -0.39 is 23.0 Å². The Balaban J connectivity index is 4.55. The minimum absolute atomic E-state index is 0.222. The third-order valence-corrected chi connectivity index (χ3v) is 1.97. The van der Waals surface area contributed by atoms with Gasteiger partial charge in [-0.25, -0.2) is 0 Å². The van der Waals surface area contributed by atoms with E-state index in [9.17, 15) is 9.59 Å². The van der Waals surface area contributed by atoms with Gasteiger partial charge in [0.2, 0.25) is 0 Å². The molecule has 6 heteroatoms. The topological polar surface area (TPSA) is 107 Å². The molecule has 0 saturated heterocycles. The van der Waals surface area contributed by atoms with Gasteiger partial charge in [0, 0.05) is 0 Å². The van der Waals surface area contributed by atoms with Gasteiger partial charge < -0.3 is 16.2 Å². The molecule has 0 fully saturated rings. The van der Waals surface area contributed by atoms with Crippen molar-refractivity contribution >= 4 is 11.8 Å². The maximum atomic E-state index is 11.5. The fourth-order valence-electron chi connectivity index (χ4n) is 1.11. The lowest BCUT2D eigenvalue weighted by Crippen LogP contribution is -2.61. The van der Waals surface area contributed by atoms with E-state index in [1.807, 2.05) is 0 Å². The van der Waals surface area contributed by atoms with E-state index in [1.54, 1.807) is 20.8 Å². The minimum Gasteiger partial charge on any atom is -0.460 e. The summed E-state index contributed by atoms with van der Waals surface area (Å²) >= 11 is 0. The summed E-state index contributed by atoms with van der Waals surface area (Å²) in [7, 11) is 1.50. The van der Waals surface area contributed by atoms with Crippen LogP contribution in [-0.2, 0) is 14.3 Å². The number of hydrogen-bond donors (Lipinski definition) is 3. The van der Waals surface area contributed by atoms with Crippen molar-refractivity contribution in [3.05, 3.63) is 0 Å². The minimum atomic E-state index is -1.45. The van der Waals surface area contributed by atoms with Gasteiger partial charge in [0.05, 0.1) is 13.0 Å². The Morgan fingerprint density at radius 2 is 1.81 bits per heavy atom. The molecule has 0 rings (SSSR count). The molecular formula is C10H21N3O3. The Kier molecular flexibility index (Phi) is 5.05. The van der Waals surface area contributed by atoms with Crippen LogP contribution in [0.5, 0.6) is 0 Å². The highest BCUT2D eigenvalue weighted by Gasteiger charge is 2.35. The summed E-state index contributed by atoms with van der Waals surface area (Å²) < 4.78 is 5.08. The third-order valence-electron chi connectivity index (χ3n) is 1.97. The number of hydrogen-bond acceptors (Lipinski definition) is 6. The summed E-state index contributed by atoms with van der Waals surface area (Å²) in [6, 6.07) is 0. The molecule has 94 valence electrons. The van der Waals surface area contributed by atoms with Gasteiger partial charge in [0.15, 0.2) is 5.78 Å². The number of carbonyl (C=O) groups excluding carboxylic acids is 2. The van der Waals surface area contributed by atoms with E-state index in [0.29, 0.717) is 0 Å². The predicted molar refractivity (Wildman–Crippen MR) is 60.5 cm³/mol. The maximum Gasteiger partial charge on any atom is 0.310 e. The summed E-state index contributed by atoms with van der Waals surface area (Å²) in [5, 5.41) is 2.59. The second kappa shape index (κ2) is 5.38. The van der Waals surface area contributed by atoms with Crippen LogP contribution in [0.1, 0.15) is 27.2 Å². The molecule has 16 heavy (non-hydrogen) atoms. The number of rotatable bonds is 5. The Bertz CT molecular complexity index is 273. The molecule has 0 aromatic carbocycles. The van der Waals surface area contributed by atoms with Crippen LogP contribution in [0.15, 0.2) is 0 Å². The van der Waals surface area contributed by atoms with E-state index in [2.05, 4.69) is 5.32 Å². The van der Waals surface area contributed by atoms with Gasteiger partial charge in [-0.3, -0.25) is 14.9 Å². The van der Waals surface area contributed by atoms with Crippen molar-refractivity contribution < 1.29 is 14.3 Å². The van der Waals surface area contributed by atoms with Gasteiger partial charge >= 0.3 is 5.97 Å². The summed E-state index contributed by atoms with van der Waals surface area (Å²) in [6.07, 6.45) is -0.239. The average Bonchev–Trinajstić information content (AvgIpc) is 2.13. The number of ether oxygens (including phenoxy) is 1. The molecule has 0 amide bonds. The molecule has 0 heterocycles. The molecule has 1 atom stereocenters. The van der Waals surface area contributed by atoms with E-state index in [1.165, 1.54) is 7.05 Å². The molecule has 0 spiro atoms. The first-order valence-electron chi connectivity index (χ1n) is 5.07. The standard InChI is InChI=1S/C10H21N3O3/c1-9(2,3)16-8(15)5-10(12,13-4)7(14)6-11/h13H,5-6,11-12H2,1-4H3. The van der Waals surface area contributed by atoms with Crippen molar-refractivity contribution in [3.63, 3.8) is 0 Å². The van der Waals surface area contributed by atoms with Crippen LogP contribution in [0, 0.1) is 0 Å². The number of ketones is 1. The smallest absolute Gasteiger partial charge is 0.310 e. The monoisotopic (exact) mass is 231 g/mol. The average molecular weight is 231 g/mol. The normalized spacial score (nSPS) is 15.4. The van der Waals surface area contributed by atoms with Gasteiger partial charge in [-0.1, -0.05) is 0 Å². The van der Waals surface area contributed by atoms with Crippen LogP contribution >= 0.6 is 0 Å². The van der Waals surface area contributed by atoms with Crippen molar-refractivity contribution in [1.29, 1.82) is 0 Å². The summed E-state index contributed by atoms with van der Waals surface area (Å²) in [5.74, 6) is -0.966. The Morgan fingerprint density at radius 3 is 2.12 bits per heavy atom. The Morgan fingerprint density at radius 1 is 1.31 bits per heavy atom. The van der Waals surface area contributed by atoms with Gasteiger partial charge in [-0.2, -0.15) is 0 Å². The Labute approximate surface area is 95.7 Å². The summed E-state index contributed by atoms with van der Waals surface area (Å²) in [5.41, 5.74) is 8.90. The van der Waals surface area contributed by atoms with Crippen LogP contribution in [0.4, 0.5) is 0 Å². The number of carbonyl (C=O) groups is 2. The van der Waals surface area contributed by atoms with Gasteiger partial charge in [0.1, 0.15) is 11.3 Å². The first-order valence-corrected chi connectivity index (χ1v) is 5.07.